The molecular formula is C19H19N3O5S3. The fraction of sp³-hybridized carbons (Fsp3) is 0.211. The molecule has 0 fully saturated rings. The second kappa shape index (κ2) is 9.13. The van der Waals surface area contributed by atoms with Gasteiger partial charge in [-0.3, -0.25) is 9.59 Å². The molecule has 1 heterocycles. The van der Waals surface area contributed by atoms with Crippen molar-refractivity contribution in [2.24, 2.45) is 10.1 Å². The van der Waals surface area contributed by atoms with E-state index in [-0.39, 0.29) is 16.2 Å². The highest BCUT2D eigenvalue weighted by Crippen LogP contribution is 2.22. The van der Waals surface area contributed by atoms with Gasteiger partial charge in [-0.05, 0) is 42.2 Å². The Morgan fingerprint density at radius 2 is 2.00 bits per heavy atom. The van der Waals surface area contributed by atoms with Gasteiger partial charge in [-0.2, -0.15) is 4.99 Å². The minimum absolute atomic E-state index is 0.0661. The van der Waals surface area contributed by atoms with Crippen molar-refractivity contribution in [3.8, 4) is 0 Å². The number of amides is 1. The van der Waals surface area contributed by atoms with Crippen molar-refractivity contribution in [2.45, 2.75) is 23.3 Å². The van der Waals surface area contributed by atoms with Crippen LogP contribution in [0.25, 0.3) is 10.2 Å². The third-order valence-corrected chi connectivity index (χ3v) is 6.91. The number of carbonyl (C=O) groups is 2. The van der Waals surface area contributed by atoms with Gasteiger partial charge in [0.05, 0.1) is 22.2 Å². The summed E-state index contributed by atoms with van der Waals surface area (Å²) in [7, 11) is -2.64. The van der Waals surface area contributed by atoms with Gasteiger partial charge in [0.15, 0.2) is 4.80 Å². The first kappa shape index (κ1) is 22.2. The molecule has 0 unspecified atom stereocenters. The fourth-order valence-electron chi connectivity index (χ4n) is 2.70. The van der Waals surface area contributed by atoms with Crippen molar-refractivity contribution < 1.29 is 22.7 Å². The van der Waals surface area contributed by atoms with E-state index in [4.69, 9.17) is 9.88 Å². The van der Waals surface area contributed by atoms with Crippen LogP contribution < -0.4 is 9.94 Å². The molecule has 8 nitrogen and oxygen atoms in total. The number of methoxy groups -OCH3 is 1. The molecule has 0 saturated heterocycles. The van der Waals surface area contributed by atoms with Crippen molar-refractivity contribution in [3.63, 3.8) is 0 Å². The highest BCUT2D eigenvalue weighted by Gasteiger charge is 2.16. The number of carbonyl (C=O) groups excluding carboxylic acids is 2. The van der Waals surface area contributed by atoms with Gasteiger partial charge < -0.3 is 9.30 Å². The van der Waals surface area contributed by atoms with Crippen molar-refractivity contribution in [3.05, 3.63) is 52.8 Å². The molecule has 0 aliphatic carbocycles. The number of primary sulfonamides is 1. The predicted molar refractivity (Wildman–Crippen MR) is 116 cm³/mol. The molecule has 3 aromatic rings. The first-order chi connectivity index (χ1) is 14.2. The maximum atomic E-state index is 12.8. The number of thiazole rings is 1. The Labute approximate surface area is 181 Å². The summed E-state index contributed by atoms with van der Waals surface area (Å²) in [6.45, 7) is 1.84. The van der Waals surface area contributed by atoms with Gasteiger partial charge in [-0.15, -0.1) is 11.8 Å². The zero-order valence-electron chi connectivity index (χ0n) is 16.2. The third-order valence-electron chi connectivity index (χ3n) is 4.09. The summed E-state index contributed by atoms with van der Waals surface area (Å²) in [6, 6.07) is 11.4. The van der Waals surface area contributed by atoms with Crippen LogP contribution in [0.2, 0.25) is 0 Å². The van der Waals surface area contributed by atoms with E-state index in [2.05, 4.69) is 4.99 Å². The van der Waals surface area contributed by atoms with E-state index in [1.165, 1.54) is 29.9 Å². The summed E-state index contributed by atoms with van der Waals surface area (Å²) in [5.74, 6) is -0.123. The molecule has 3 rings (SSSR count). The Morgan fingerprint density at radius 3 is 2.67 bits per heavy atom. The molecule has 158 valence electrons. The van der Waals surface area contributed by atoms with Gasteiger partial charge in [-0.1, -0.05) is 24.3 Å². The zero-order valence-corrected chi connectivity index (χ0v) is 18.6. The number of benzene rings is 2. The lowest BCUT2D eigenvalue weighted by Crippen LogP contribution is -2.22. The number of nitrogens with zero attached hydrogens (tertiary/aromatic N) is 2. The molecule has 0 aliphatic heterocycles. The van der Waals surface area contributed by atoms with Crippen LogP contribution in [-0.2, 0) is 26.1 Å². The highest BCUT2D eigenvalue weighted by molar-refractivity contribution is 7.99. The largest absolute Gasteiger partial charge is 0.468 e. The smallest absolute Gasteiger partial charge is 0.325 e. The fourth-order valence-corrected chi connectivity index (χ4v) is 5.10. The number of aromatic nitrogens is 1. The standard InChI is InChI=1S/C19H19N3O5S3/c1-3-28-13-6-4-5-12(9-13)18(24)21-19-22(11-17(23)27-2)15-8-7-14(30(20,25)26)10-16(15)29-19/h4-10H,3,11H2,1-2H3,(H2,20,25,26). The molecule has 0 radical (unpaired) electrons. The van der Waals surface area contributed by atoms with Gasteiger partial charge >= 0.3 is 5.97 Å². The lowest BCUT2D eigenvalue weighted by Gasteiger charge is -2.04. The Balaban J connectivity index is 2.14. The van der Waals surface area contributed by atoms with Gasteiger partial charge in [-0.25, -0.2) is 13.6 Å². The van der Waals surface area contributed by atoms with Crippen LogP contribution >= 0.6 is 23.1 Å². The van der Waals surface area contributed by atoms with Gasteiger partial charge in [0, 0.05) is 10.5 Å². The summed E-state index contributed by atoms with van der Waals surface area (Å²) >= 11 is 2.70. The number of hydrogen-bond acceptors (Lipinski definition) is 7. The van der Waals surface area contributed by atoms with Gasteiger partial charge in [0.2, 0.25) is 10.0 Å². The van der Waals surface area contributed by atoms with Crippen LogP contribution in [0, 0.1) is 0 Å². The number of esters is 1. The maximum Gasteiger partial charge on any atom is 0.325 e. The van der Waals surface area contributed by atoms with Crippen LogP contribution in [0.3, 0.4) is 0 Å². The monoisotopic (exact) mass is 465 g/mol. The Kier molecular flexibility index (Phi) is 6.76. The van der Waals surface area contributed by atoms with Crippen LogP contribution in [0.4, 0.5) is 0 Å². The first-order valence-electron chi connectivity index (χ1n) is 8.78. The molecule has 2 aromatic carbocycles. The van der Waals surface area contributed by atoms with E-state index in [9.17, 15) is 18.0 Å². The summed E-state index contributed by atoms with van der Waals surface area (Å²) in [5, 5.41) is 5.21. The topological polar surface area (TPSA) is 121 Å². The van der Waals surface area contributed by atoms with Crippen molar-refractivity contribution in [2.75, 3.05) is 12.9 Å². The van der Waals surface area contributed by atoms with E-state index < -0.39 is 21.9 Å². The number of nitrogens with two attached hydrogens (primary N) is 1. The average Bonchev–Trinajstić information content (AvgIpc) is 3.04. The number of fused-ring (bicyclic) bond motifs is 1. The van der Waals surface area contributed by atoms with E-state index in [1.807, 2.05) is 13.0 Å². The molecule has 0 aliphatic rings. The third kappa shape index (κ3) is 4.98. The molecule has 11 heteroatoms. The van der Waals surface area contributed by atoms with Crippen molar-refractivity contribution in [1.82, 2.24) is 4.57 Å². The number of thioether (sulfide) groups is 1. The summed E-state index contributed by atoms with van der Waals surface area (Å²) in [5.41, 5.74) is 0.959. The number of ether oxygens (including phenoxy) is 1. The summed E-state index contributed by atoms with van der Waals surface area (Å²) < 4.78 is 30.1. The lowest BCUT2D eigenvalue weighted by molar-refractivity contribution is -0.141. The second-order valence-electron chi connectivity index (χ2n) is 6.10. The van der Waals surface area contributed by atoms with Gasteiger partial charge in [0.1, 0.15) is 6.54 Å². The maximum absolute atomic E-state index is 12.8. The van der Waals surface area contributed by atoms with E-state index in [0.29, 0.717) is 15.8 Å². The van der Waals surface area contributed by atoms with E-state index in [1.54, 1.807) is 30.0 Å². The number of rotatable bonds is 6. The number of hydrogen-bond donors (Lipinski definition) is 1. The van der Waals surface area contributed by atoms with Gasteiger partial charge in [0.25, 0.3) is 5.91 Å². The molecule has 2 N–H and O–H groups in total. The van der Waals surface area contributed by atoms with Crippen molar-refractivity contribution >= 4 is 55.2 Å². The first-order valence-corrected chi connectivity index (χ1v) is 12.1. The SMILES string of the molecule is CCSc1cccc(C(=O)N=c2sc3cc(S(N)(=O)=O)ccc3n2CC(=O)OC)c1. The molecule has 1 amide bonds. The van der Waals surface area contributed by atoms with Crippen LogP contribution in [0.1, 0.15) is 17.3 Å². The second-order valence-corrected chi connectivity index (χ2v) is 10.0. The average molecular weight is 466 g/mol. The predicted octanol–water partition coefficient (Wildman–Crippen LogP) is 2.38. The minimum atomic E-state index is -3.90. The highest BCUT2D eigenvalue weighted by atomic mass is 32.2. The molecule has 0 saturated carbocycles. The number of sulfonamides is 1. The molecule has 0 atom stereocenters. The Bertz CT molecular complexity index is 1290. The van der Waals surface area contributed by atoms with Crippen LogP contribution in [-0.4, -0.2) is 37.7 Å². The molecule has 1 aromatic heterocycles. The Morgan fingerprint density at radius 1 is 1.23 bits per heavy atom. The normalized spacial score (nSPS) is 12.3. The van der Waals surface area contributed by atoms with Crippen LogP contribution in [0.5, 0.6) is 0 Å². The molecule has 30 heavy (non-hydrogen) atoms. The van der Waals surface area contributed by atoms with Crippen LogP contribution in [0.15, 0.2) is 57.2 Å². The summed E-state index contributed by atoms with van der Waals surface area (Å²) in [4.78, 5) is 30.0. The molecule has 0 bridgehead atoms. The van der Waals surface area contributed by atoms with E-state index >= 15 is 0 Å². The zero-order chi connectivity index (χ0) is 21.9. The quantitative estimate of drug-likeness (QED) is 0.441. The van der Waals surface area contributed by atoms with E-state index in [0.717, 1.165) is 22.0 Å². The minimum Gasteiger partial charge on any atom is -0.468 e. The molecule has 0 spiro atoms. The summed E-state index contributed by atoms with van der Waals surface area (Å²) in [6.07, 6.45) is 0. The van der Waals surface area contributed by atoms with Crippen molar-refractivity contribution in [1.29, 1.82) is 0 Å². The lowest BCUT2D eigenvalue weighted by atomic mass is 10.2. The Hall–Kier alpha value is -2.47. The molecular weight excluding hydrogens is 446 g/mol.